The highest BCUT2D eigenvalue weighted by Crippen LogP contribution is 2.24. The normalized spacial score (nSPS) is 18.2. The summed E-state index contributed by atoms with van der Waals surface area (Å²) < 4.78 is 22.1. The van der Waals surface area contributed by atoms with Crippen LogP contribution in [0.4, 0.5) is 4.39 Å². The summed E-state index contributed by atoms with van der Waals surface area (Å²) >= 11 is 3.47. The van der Waals surface area contributed by atoms with Crippen molar-refractivity contribution in [3.8, 4) is 5.69 Å². The number of morpholine rings is 1. The Bertz CT molecular complexity index is 881. The molecular weight excluding hydrogens is 397 g/mol. The fraction of sp³-hybridized carbons (Fsp3) is 0.250. The molecule has 0 amide bonds. The van der Waals surface area contributed by atoms with E-state index in [4.69, 9.17) is 4.74 Å². The van der Waals surface area contributed by atoms with Crippen molar-refractivity contribution >= 4 is 15.9 Å². The topological polar surface area (TPSA) is 30.3 Å². The van der Waals surface area contributed by atoms with Gasteiger partial charge in [-0.15, -0.1) is 0 Å². The van der Waals surface area contributed by atoms with Crippen LogP contribution < -0.4 is 0 Å². The SMILES string of the molecule is Fc1cccc(-n2ccc(CN3CCO[C@@H](c4ccc(Br)cc4)C3)n2)c1. The molecule has 0 radical (unpaired) electrons. The van der Waals surface area contributed by atoms with Crippen LogP contribution in [0, 0.1) is 5.82 Å². The molecule has 1 aromatic heterocycles. The molecule has 0 saturated carbocycles. The van der Waals surface area contributed by atoms with Gasteiger partial charge in [-0.25, -0.2) is 9.07 Å². The van der Waals surface area contributed by atoms with Gasteiger partial charge in [0, 0.05) is 30.3 Å². The molecule has 134 valence electrons. The van der Waals surface area contributed by atoms with E-state index in [1.54, 1.807) is 10.7 Å². The molecule has 0 aliphatic carbocycles. The Morgan fingerprint density at radius 3 is 2.81 bits per heavy atom. The van der Waals surface area contributed by atoms with Crippen LogP contribution in [0.5, 0.6) is 0 Å². The summed E-state index contributed by atoms with van der Waals surface area (Å²) in [5.41, 5.74) is 2.87. The number of aromatic nitrogens is 2. The zero-order valence-corrected chi connectivity index (χ0v) is 15.8. The van der Waals surface area contributed by atoms with Crippen molar-refractivity contribution in [3.63, 3.8) is 0 Å². The van der Waals surface area contributed by atoms with Gasteiger partial charge in [0.15, 0.2) is 0 Å². The first-order chi connectivity index (χ1) is 12.7. The van der Waals surface area contributed by atoms with Crippen LogP contribution in [-0.2, 0) is 11.3 Å². The fourth-order valence-corrected chi connectivity index (χ4v) is 3.43. The number of nitrogens with zero attached hydrogens (tertiary/aromatic N) is 3. The molecule has 0 unspecified atom stereocenters. The van der Waals surface area contributed by atoms with Crippen molar-refractivity contribution in [2.75, 3.05) is 19.7 Å². The van der Waals surface area contributed by atoms with E-state index in [-0.39, 0.29) is 11.9 Å². The van der Waals surface area contributed by atoms with Gasteiger partial charge in [0.05, 0.1) is 24.1 Å². The fourth-order valence-electron chi connectivity index (χ4n) is 3.16. The van der Waals surface area contributed by atoms with Gasteiger partial charge in [0.1, 0.15) is 5.82 Å². The summed E-state index contributed by atoms with van der Waals surface area (Å²) in [4.78, 5) is 2.34. The highest BCUT2D eigenvalue weighted by Gasteiger charge is 2.22. The van der Waals surface area contributed by atoms with E-state index in [9.17, 15) is 4.39 Å². The van der Waals surface area contributed by atoms with Crippen molar-refractivity contribution in [2.45, 2.75) is 12.6 Å². The number of ether oxygens (including phenoxy) is 1. The Labute approximate surface area is 160 Å². The van der Waals surface area contributed by atoms with E-state index in [2.05, 4.69) is 38.1 Å². The summed E-state index contributed by atoms with van der Waals surface area (Å²) in [5, 5.41) is 4.59. The zero-order valence-electron chi connectivity index (χ0n) is 14.2. The van der Waals surface area contributed by atoms with E-state index >= 15 is 0 Å². The van der Waals surface area contributed by atoms with Gasteiger partial charge >= 0.3 is 0 Å². The second kappa shape index (κ2) is 7.70. The van der Waals surface area contributed by atoms with Crippen LogP contribution in [0.2, 0.25) is 0 Å². The molecule has 0 N–H and O–H groups in total. The zero-order chi connectivity index (χ0) is 17.9. The van der Waals surface area contributed by atoms with Crippen molar-refractivity contribution < 1.29 is 9.13 Å². The third-order valence-electron chi connectivity index (χ3n) is 4.50. The molecule has 1 fully saturated rings. The van der Waals surface area contributed by atoms with Crippen molar-refractivity contribution in [2.24, 2.45) is 0 Å². The first-order valence-electron chi connectivity index (χ1n) is 8.57. The maximum Gasteiger partial charge on any atom is 0.125 e. The minimum absolute atomic E-state index is 0.0714. The van der Waals surface area contributed by atoms with Gasteiger partial charge in [-0.3, -0.25) is 4.90 Å². The van der Waals surface area contributed by atoms with Gasteiger partial charge in [0.25, 0.3) is 0 Å². The van der Waals surface area contributed by atoms with Crippen LogP contribution in [0.3, 0.4) is 0 Å². The lowest BCUT2D eigenvalue weighted by atomic mass is 10.1. The molecule has 1 saturated heterocycles. The second-order valence-electron chi connectivity index (χ2n) is 6.38. The summed E-state index contributed by atoms with van der Waals surface area (Å²) in [5.74, 6) is -0.259. The number of halogens is 2. The summed E-state index contributed by atoms with van der Waals surface area (Å²) in [6.07, 6.45) is 1.94. The summed E-state index contributed by atoms with van der Waals surface area (Å²) in [6.45, 7) is 3.15. The van der Waals surface area contributed by atoms with Crippen LogP contribution >= 0.6 is 15.9 Å². The quantitative estimate of drug-likeness (QED) is 0.634. The molecule has 0 spiro atoms. The maximum atomic E-state index is 13.4. The first kappa shape index (κ1) is 17.4. The Balaban J connectivity index is 1.43. The van der Waals surface area contributed by atoms with E-state index in [1.165, 1.54) is 17.7 Å². The maximum absolute atomic E-state index is 13.4. The van der Waals surface area contributed by atoms with Crippen molar-refractivity contribution in [1.82, 2.24) is 14.7 Å². The van der Waals surface area contributed by atoms with E-state index < -0.39 is 0 Å². The third kappa shape index (κ3) is 4.03. The molecular formula is C20H19BrFN3O. The van der Waals surface area contributed by atoms with E-state index in [1.807, 2.05) is 30.5 Å². The Morgan fingerprint density at radius 1 is 1.15 bits per heavy atom. The predicted molar refractivity (Wildman–Crippen MR) is 102 cm³/mol. The van der Waals surface area contributed by atoms with E-state index in [0.717, 1.165) is 35.5 Å². The predicted octanol–water partition coefficient (Wildman–Crippen LogP) is 4.35. The molecule has 2 heterocycles. The summed E-state index contributed by atoms with van der Waals surface area (Å²) in [6, 6.07) is 16.7. The van der Waals surface area contributed by atoms with Gasteiger partial charge in [0.2, 0.25) is 0 Å². The largest absolute Gasteiger partial charge is 0.371 e. The van der Waals surface area contributed by atoms with Gasteiger partial charge in [-0.2, -0.15) is 5.10 Å². The molecule has 4 rings (SSSR count). The number of hydrogen-bond donors (Lipinski definition) is 0. The molecule has 3 aromatic rings. The van der Waals surface area contributed by atoms with E-state index in [0.29, 0.717) is 6.61 Å². The van der Waals surface area contributed by atoms with Gasteiger partial charge in [-0.1, -0.05) is 34.1 Å². The molecule has 0 bridgehead atoms. The van der Waals surface area contributed by atoms with Crippen LogP contribution in [0.25, 0.3) is 5.69 Å². The average Bonchev–Trinajstić information content (AvgIpc) is 3.11. The lowest BCUT2D eigenvalue weighted by Gasteiger charge is -2.32. The van der Waals surface area contributed by atoms with Crippen LogP contribution in [0.15, 0.2) is 65.3 Å². The highest BCUT2D eigenvalue weighted by atomic mass is 79.9. The average molecular weight is 416 g/mol. The van der Waals surface area contributed by atoms with Crippen molar-refractivity contribution in [3.05, 3.63) is 82.3 Å². The summed E-state index contributed by atoms with van der Waals surface area (Å²) in [7, 11) is 0. The number of hydrogen-bond acceptors (Lipinski definition) is 3. The van der Waals surface area contributed by atoms with Crippen LogP contribution in [-0.4, -0.2) is 34.4 Å². The Hall–Kier alpha value is -2.02. The standard InChI is InChI=1S/C20H19BrFN3O/c21-16-6-4-15(5-7-16)20-14-24(10-11-26-20)13-18-8-9-25(23-18)19-3-1-2-17(22)12-19/h1-9,12,20H,10-11,13-14H2/t20-/m1/s1. The first-order valence-corrected chi connectivity index (χ1v) is 9.36. The molecule has 2 aromatic carbocycles. The molecule has 26 heavy (non-hydrogen) atoms. The molecule has 6 heteroatoms. The van der Waals surface area contributed by atoms with Gasteiger partial charge < -0.3 is 4.74 Å². The smallest absolute Gasteiger partial charge is 0.125 e. The minimum atomic E-state index is -0.259. The minimum Gasteiger partial charge on any atom is -0.371 e. The lowest BCUT2D eigenvalue weighted by molar-refractivity contribution is -0.0333. The highest BCUT2D eigenvalue weighted by molar-refractivity contribution is 9.10. The Kier molecular flexibility index (Phi) is 5.15. The second-order valence-corrected chi connectivity index (χ2v) is 7.29. The van der Waals surface area contributed by atoms with Crippen molar-refractivity contribution in [1.29, 1.82) is 0 Å². The number of rotatable bonds is 4. The molecule has 1 aliphatic heterocycles. The molecule has 1 atom stereocenters. The third-order valence-corrected chi connectivity index (χ3v) is 5.02. The van der Waals surface area contributed by atoms with Crippen LogP contribution in [0.1, 0.15) is 17.4 Å². The molecule has 4 nitrogen and oxygen atoms in total. The van der Waals surface area contributed by atoms with Gasteiger partial charge in [-0.05, 0) is 42.0 Å². The molecule has 1 aliphatic rings. The lowest BCUT2D eigenvalue weighted by Crippen LogP contribution is -2.37. The number of benzene rings is 2. The Morgan fingerprint density at radius 2 is 2.00 bits per heavy atom. The monoisotopic (exact) mass is 415 g/mol.